The minimum atomic E-state index is -1.06. The molecule has 2 amide bonds. The number of hydrogen-bond acceptors (Lipinski definition) is 4. The van der Waals surface area contributed by atoms with Crippen LogP contribution >= 0.6 is 11.6 Å². The van der Waals surface area contributed by atoms with Crippen molar-refractivity contribution in [2.45, 2.75) is 25.3 Å². The average molecular weight is 381 g/mol. The van der Waals surface area contributed by atoms with E-state index in [0.717, 1.165) is 0 Å². The standard InChI is InChI=1S/C18H21ClN2O5/c19-14-3-1-2-4-15(14)21-10-12(9-16(21)22)18(25)20(11-17(23)24)13-5-7-26-8-6-13/h1-4,12-13H,5-11H2,(H,23,24)/t12-/m1/s1. The lowest BCUT2D eigenvalue weighted by Crippen LogP contribution is -2.48. The summed E-state index contributed by atoms with van der Waals surface area (Å²) in [5.41, 5.74) is 0.574. The Bertz CT molecular complexity index is 705. The summed E-state index contributed by atoms with van der Waals surface area (Å²) in [5, 5.41) is 9.65. The number of anilines is 1. The first-order valence-corrected chi connectivity index (χ1v) is 9.00. The van der Waals surface area contributed by atoms with Crippen LogP contribution in [-0.2, 0) is 19.1 Å². The molecule has 2 aliphatic rings. The Morgan fingerprint density at radius 1 is 1.27 bits per heavy atom. The number of halogens is 1. The fourth-order valence-corrected chi connectivity index (χ4v) is 3.78. The number of carbonyl (C=O) groups excluding carboxylic acids is 2. The van der Waals surface area contributed by atoms with Crippen LogP contribution in [0.4, 0.5) is 5.69 Å². The van der Waals surface area contributed by atoms with Crippen molar-refractivity contribution in [2.24, 2.45) is 5.92 Å². The predicted octanol–water partition coefficient (Wildman–Crippen LogP) is 1.79. The fourth-order valence-electron chi connectivity index (χ4n) is 3.54. The molecule has 0 aromatic heterocycles. The number of benzene rings is 1. The first-order valence-electron chi connectivity index (χ1n) is 8.62. The highest BCUT2D eigenvalue weighted by atomic mass is 35.5. The van der Waals surface area contributed by atoms with Crippen LogP contribution in [0.3, 0.4) is 0 Å². The minimum Gasteiger partial charge on any atom is -0.480 e. The van der Waals surface area contributed by atoms with Gasteiger partial charge in [0, 0.05) is 32.2 Å². The van der Waals surface area contributed by atoms with E-state index in [1.54, 1.807) is 24.3 Å². The van der Waals surface area contributed by atoms with Crippen LogP contribution in [0, 0.1) is 5.92 Å². The molecule has 8 heteroatoms. The second-order valence-electron chi connectivity index (χ2n) is 6.56. The largest absolute Gasteiger partial charge is 0.480 e. The van der Waals surface area contributed by atoms with E-state index in [1.807, 2.05) is 0 Å². The van der Waals surface area contributed by atoms with Crippen molar-refractivity contribution >= 4 is 35.1 Å². The first kappa shape index (κ1) is 18.7. The SMILES string of the molecule is O=C(O)CN(C(=O)[C@@H]1CC(=O)N(c2ccccc2Cl)C1)C1CCOCC1. The van der Waals surface area contributed by atoms with E-state index in [2.05, 4.69) is 0 Å². The van der Waals surface area contributed by atoms with Crippen molar-refractivity contribution in [3.8, 4) is 0 Å². The van der Waals surface area contributed by atoms with Gasteiger partial charge in [0.05, 0.1) is 16.6 Å². The number of ether oxygens (including phenoxy) is 1. The Kier molecular flexibility index (Phi) is 5.78. The van der Waals surface area contributed by atoms with Crippen molar-refractivity contribution in [1.82, 2.24) is 4.90 Å². The number of aliphatic carboxylic acids is 1. The van der Waals surface area contributed by atoms with Gasteiger partial charge < -0.3 is 19.6 Å². The van der Waals surface area contributed by atoms with Crippen LogP contribution in [0.5, 0.6) is 0 Å². The van der Waals surface area contributed by atoms with Crippen LogP contribution in [0.15, 0.2) is 24.3 Å². The Labute approximate surface area is 156 Å². The van der Waals surface area contributed by atoms with E-state index >= 15 is 0 Å². The summed E-state index contributed by atoms with van der Waals surface area (Å²) in [6, 6.07) is 6.81. The second-order valence-corrected chi connectivity index (χ2v) is 6.97. The van der Waals surface area contributed by atoms with Gasteiger partial charge >= 0.3 is 5.97 Å². The van der Waals surface area contributed by atoms with E-state index in [4.69, 9.17) is 16.3 Å². The predicted molar refractivity (Wildman–Crippen MR) is 95.1 cm³/mol. The Hall–Kier alpha value is -2.12. The van der Waals surface area contributed by atoms with Gasteiger partial charge in [-0.05, 0) is 25.0 Å². The Balaban J connectivity index is 1.76. The minimum absolute atomic E-state index is 0.0589. The van der Waals surface area contributed by atoms with E-state index < -0.39 is 11.9 Å². The molecule has 0 unspecified atom stereocenters. The molecule has 1 aromatic carbocycles. The molecule has 2 aliphatic heterocycles. The monoisotopic (exact) mass is 380 g/mol. The highest BCUT2D eigenvalue weighted by Gasteiger charge is 2.40. The maximum atomic E-state index is 13.0. The van der Waals surface area contributed by atoms with Gasteiger partial charge in [-0.3, -0.25) is 14.4 Å². The quantitative estimate of drug-likeness (QED) is 0.841. The smallest absolute Gasteiger partial charge is 0.323 e. The summed E-state index contributed by atoms with van der Waals surface area (Å²) < 4.78 is 5.30. The molecule has 0 aliphatic carbocycles. The summed E-state index contributed by atoms with van der Waals surface area (Å²) in [6.07, 6.45) is 1.27. The topological polar surface area (TPSA) is 87.2 Å². The molecule has 140 valence electrons. The van der Waals surface area contributed by atoms with Gasteiger partial charge in [0.2, 0.25) is 11.8 Å². The van der Waals surface area contributed by atoms with E-state index in [9.17, 15) is 19.5 Å². The zero-order valence-electron chi connectivity index (χ0n) is 14.3. The summed E-state index contributed by atoms with van der Waals surface area (Å²) in [6.45, 7) is 0.855. The molecule has 2 fully saturated rings. The molecule has 1 aromatic rings. The molecular formula is C18H21ClN2O5. The van der Waals surface area contributed by atoms with Crippen LogP contribution in [-0.4, -0.2) is 60.1 Å². The number of hydrogen-bond donors (Lipinski definition) is 1. The Morgan fingerprint density at radius 2 is 1.96 bits per heavy atom. The number of carboxylic acids is 1. The number of carboxylic acid groups (broad SMARTS) is 1. The third-order valence-electron chi connectivity index (χ3n) is 4.84. The highest BCUT2D eigenvalue weighted by molar-refractivity contribution is 6.33. The molecule has 0 saturated carbocycles. The second kappa shape index (κ2) is 8.05. The Morgan fingerprint density at radius 3 is 2.62 bits per heavy atom. The maximum Gasteiger partial charge on any atom is 0.323 e. The van der Waals surface area contributed by atoms with Gasteiger partial charge in [0.15, 0.2) is 0 Å². The summed E-state index contributed by atoms with van der Waals surface area (Å²) in [4.78, 5) is 39.6. The van der Waals surface area contributed by atoms with Crippen LogP contribution in [0.2, 0.25) is 5.02 Å². The number of para-hydroxylation sites is 1. The molecule has 26 heavy (non-hydrogen) atoms. The van der Waals surface area contributed by atoms with E-state index in [1.165, 1.54) is 9.80 Å². The molecular weight excluding hydrogens is 360 g/mol. The normalized spacial score (nSPS) is 21.0. The van der Waals surface area contributed by atoms with Crippen molar-refractivity contribution in [1.29, 1.82) is 0 Å². The van der Waals surface area contributed by atoms with Crippen molar-refractivity contribution in [3.05, 3.63) is 29.3 Å². The number of carbonyl (C=O) groups is 3. The molecule has 0 spiro atoms. The number of nitrogens with zero attached hydrogens (tertiary/aromatic N) is 2. The summed E-state index contributed by atoms with van der Waals surface area (Å²) in [7, 11) is 0. The first-order chi connectivity index (χ1) is 12.5. The molecule has 0 bridgehead atoms. The molecule has 1 N–H and O–H groups in total. The van der Waals surface area contributed by atoms with Crippen molar-refractivity contribution < 1.29 is 24.2 Å². The van der Waals surface area contributed by atoms with Crippen LogP contribution in [0.25, 0.3) is 0 Å². The van der Waals surface area contributed by atoms with Crippen molar-refractivity contribution in [3.63, 3.8) is 0 Å². The van der Waals surface area contributed by atoms with E-state index in [-0.39, 0.29) is 37.4 Å². The number of amides is 2. The highest BCUT2D eigenvalue weighted by Crippen LogP contribution is 2.32. The van der Waals surface area contributed by atoms with Crippen molar-refractivity contribution in [2.75, 3.05) is 31.2 Å². The third-order valence-corrected chi connectivity index (χ3v) is 5.16. The van der Waals surface area contributed by atoms with Gasteiger partial charge in [-0.25, -0.2) is 0 Å². The molecule has 1 atom stereocenters. The molecule has 2 saturated heterocycles. The van der Waals surface area contributed by atoms with Crippen LogP contribution < -0.4 is 4.90 Å². The van der Waals surface area contributed by atoms with Gasteiger partial charge in [-0.1, -0.05) is 23.7 Å². The molecule has 0 radical (unpaired) electrons. The molecule has 2 heterocycles. The lowest BCUT2D eigenvalue weighted by molar-refractivity contribution is -0.149. The van der Waals surface area contributed by atoms with Gasteiger partial charge in [0.25, 0.3) is 0 Å². The van der Waals surface area contributed by atoms with Crippen LogP contribution in [0.1, 0.15) is 19.3 Å². The molecule has 7 nitrogen and oxygen atoms in total. The lowest BCUT2D eigenvalue weighted by atomic mass is 10.0. The summed E-state index contributed by atoms with van der Waals surface area (Å²) >= 11 is 6.17. The zero-order valence-corrected chi connectivity index (χ0v) is 15.0. The zero-order chi connectivity index (χ0) is 18.7. The van der Waals surface area contributed by atoms with Gasteiger partial charge in [-0.15, -0.1) is 0 Å². The summed E-state index contributed by atoms with van der Waals surface area (Å²) in [5.74, 6) is -2.10. The van der Waals surface area contributed by atoms with Gasteiger partial charge in [0.1, 0.15) is 6.54 Å². The lowest BCUT2D eigenvalue weighted by Gasteiger charge is -2.34. The third kappa shape index (κ3) is 3.99. The number of rotatable bonds is 5. The van der Waals surface area contributed by atoms with E-state index in [0.29, 0.717) is 36.8 Å². The maximum absolute atomic E-state index is 13.0. The average Bonchev–Trinajstić information content (AvgIpc) is 3.02. The molecule has 3 rings (SSSR count). The fraction of sp³-hybridized carbons (Fsp3) is 0.500. The van der Waals surface area contributed by atoms with Gasteiger partial charge in [-0.2, -0.15) is 0 Å².